The summed E-state index contributed by atoms with van der Waals surface area (Å²) in [6, 6.07) is 23.6. The Morgan fingerprint density at radius 3 is 2.34 bits per heavy atom. The lowest BCUT2D eigenvalue weighted by atomic mass is 9.98. The molecule has 2 atom stereocenters. The maximum atomic E-state index is 13.1. The van der Waals surface area contributed by atoms with Crippen molar-refractivity contribution in [1.82, 2.24) is 15.1 Å². The van der Waals surface area contributed by atoms with Crippen molar-refractivity contribution in [3.63, 3.8) is 0 Å². The first kappa shape index (κ1) is 24.9. The van der Waals surface area contributed by atoms with Crippen molar-refractivity contribution < 1.29 is 13.9 Å². The van der Waals surface area contributed by atoms with Crippen molar-refractivity contribution in [1.29, 1.82) is 0 Å². The van der Waals surface area contributed by atoms with Crippen molar-refractivity contribution >= 4 is 5.91 Å². The molecule has 35 heavy (non-hydrogen) atoms. The van der Waals surface area contributed by atoms with Crippen LogP contribution in [-0.4, -0.2) is 54.5 Å². The van der Waals surface area contributed by atoms with E-state index >= 15 is 0 Å². The molecule has 1 fully saturated rings. The number of nitrogens with zero attached hydrogens (tertiary/aromatic N) is 2. The fraction of sp³-hybridized carbons (Fsp3) is 0.345. The molecule has 0 bridgehead atoms. The summed E-state index contributed by atoms with van der Waals surface area (Å²) in [6.45, 7) is 7.91. The van der Waals surface area contributed by atoms with Gasteiger partial charge in [-0.25, -0.2) is 4.39 Å². The number of carbonyl (C=O) groups excluding carboxylic acids is 1. The van der Waals surface area contributed by atoms with E-state index < -0.39 is 0 Å². The molecule has 1 heterocycles. The average molecular weight is 476 g/mol. The highest BCUT2D eigenvalue weighted by molar-refractivity contribution is 5.78. The first-order valence-corrected chi connectivity index (χ1v) is 12.2. The standard InChI is InChI=1S/C29H34FN3O2/c1-21-16-33(17-22(2)31-21)18-23-8-10-24(11-9-23)28-7-5-4-6-25(28)19-32(3)29(34)20-35-27-14-12-26(30)13-15-27/h4-15,21-22,31H,16-20H2,1-3H3/t21-,22+. The second-order valence-electron chi connectivity index (χ2n) is 9.51. The third-order valence-corrected chi connectivity index (χ3v) is 6.33. The van der Waals surface area contributed by atoms with Gasteiger partial charge in [0.1, 0.15) is 11.6 Å². The third-order valence-electron chi connectivity index (χ3n) is 6.33. The Kier molecular flexibility index (Phi) is 8.16. The second kappa shape index (κ2) is 11.5. The first-order valence-electron chi connectivity index (χ1n) is 12.2. The van der Waals surface area contributed by atoms with Gasteiger partial charge in [-0.2, -0.15) is 0 Å². The number of piperazine rings is 1. The molecule has 0 saturated carbocycles. The van der Waals surface area contributed by atoms with Crippen LogP contribution in [0.1, 0.15) is 25.0 Å². The minimum atomic E-state index is -0.335. The van der Waals surface area contributed by atoms with E-state index in [0.717, 1.165) is 36.3 Å². The van der Waals surface area contributed by atoms with Crippen LogP contribution in [0.5, 0.6) is 5.75 Å². The highest BCUT2D eigenvalue weighted by Crippen LogP contribution is 2.26. The van der Waals surface area contributed by atoms with E-state index in [2.05, 4.69) is 60.5 Å². The molecule has 4 rings (SSSR count). The average Bonchev–Trinajstić information content (AvgIpc) is 2.84. The van der Waals surface area contributed by atoms with E-state index in [-0.39, 0.29) is 18.3 Å². The number of benzene rings is 3. The number of nitrogens with one attached hydrogen (secondary N) is 1. The maximum absolute atomic E-state index is 13.1. The lowest BCUT2D eigenvalue weighted by molar-refractivity contribution is -0.132. The summed E-state index contributed by atoms with van der Waals surface area (Å²) in [5.41, 5.74) is 4.62. The van der Waals surface area contributed by atoms with Gasteiger partial charge in [-0.05, 0) is 60.4 Å². The molecule has 3 aromatic rings. The van der Waals surface area contributed by atoms with Crippen LogP contribution >= 0.6 is 0 Å². The van der Waals surface area contributed by atoms with E-state index in [1.165, 1.54) is 29.8 Å². The Bertz CT molecular complexity index is 1110. The van der Waals surface area contributed by atoms with E-state index in [9.17, 15) is 9.18 Å². The number of carbonyl (C=O) groups is 1. The van der Waals surface area contributed by atoms with Crippen LogP contribution in [0.25, 0.3) is 11.1 Å². The number of amides is 1. The lowest BCUT2D eigenvalue weighted by Gasteiger charge is -2.36. The fourth-order valence-corrected chi connectivity index (χ4v) is 4.69. The van der Waals surface area contributed by atoms with Crippen molar-refractivity contribution in [3.05, 3.63) is 89.7 Å². The maximum Gasteiger partial charge on any atom is 0.260 e. The molecule has 0 aromatic heterocycles. The van der Waals surface area contributed by atoms with Gasteiger partial charge in [0.25, 0.3) is 5.91 Å². The monoisotopic (exact) mass is 475 g/mol. The molecule has 6 heteroatoms. The zero-order valence-electron chi connectivity index (χ0n) is 20.7. The zero-order chi connectivity index (χ0) is 24.8. The third kappa shape index (κ3) is 6.90. The van der Waals surface area contributed by atoms with Crippen LogP contribution in [-0.2, 0) is 17.9 Å². The summed E-state index contributed by atoms with van der Waals surface area (Å²) in [4.78, 5) is 16.8. The van der Waals surface area contributed by atoms with Crippen molar-refractivity contribution in [2.75, 3.05) is 26.7 Å². The predicted octanol–water partition coefficient (Wildman–Crippen LogP) is 4.71. The van der Waals surface area contributed by atoms with Gasteiger partial charge >= 0.3 is 0 Å². The van der Waals surface area contributed by atoms with Crippen molar-refractivity contribution in [2.45, 2.75) is 39.0 Å². The van der Waals surface area contributed by atoms with Gasteiger partial charge in [0.15, 0.2) is 6.61 Å². The Labute approximate surface area is 207 Å². The smallest absolute Gasteiger partial charge is 0.260 e. The molecule has 0 spiro atoms. The van der Waals surface area contributed by atoms with Crippen LogP contribution in [0.4, 0.5) is 4.39 Å². The number of hydrogen-bond acceptors (Lipinski definition) is 4. The Balaban J connectivity index is 1.38. The molecule has 0 aliphatic carbocycles. The number of hydrogen-bond donors (Lipinski definition) is 1. The Morgan fingerprint density at radius 2 is 1.66 bits per heavy atom. The first-order chi connectivity index (χ1) is 16.9. The van der Waals surface area contributed by atoms with E-state index in [1.54, 1.807) is 11.9 Å². The molecule has 1 aliphatic heterocycles. The summed E-state index contributed by atoms with van der Waals surface area (Å²) < 4.78 is 18.6. The van der Waals surface area contributed by atoms with E-state index in [1.807, 2.05) is 12.1 Å². The summed E-state index contributed by atoms with van der Waals surface area (Å²) in [6.07, 6.45) is 0. The van der Waals surface area contributed by atoms with Gasteiger partial charge < -0.3 is 15.0 Å². The Morgan fingerprint density at radius 1 is 1.00 bits per heavy atom. The van der Waals surface area contributed by atoms with Crippen LogP contribution in [0.3, 0.4) is 0 Å². The number of likely N-dealkylation sites (N-methyl/N-ethyl adjacent to an activating group) is 1. The fourth-order valence-electron chi connectivity index (χ4n) is 4.69. The molecule has 0 radical (unpaired) electrons. The van der Waals surface area contributed by atoms with Crippen LogP contribution in [0.15, 0.2) is 72.8 Å². The van der Waals surface area contributed by atoms with E-state index in [0.29, 0.717) is 24.4 Å². The van der Waals surface area contributed by atoms with Gasteiger partial charge in [-0.15, -0.1) is 0 Å². The largest absolute Gasteiger partial charge is 0.484 e. The molecule has 5 nitrogen and oxygen atoms in total. The highest BCUT2D eigenvalue weighted by Gasteiger charge is 2.20. The van der Waals surface area contributed by atoms with E-state index in [4.69, 9.17) is 4.74 Å². The quantitative estimate of drug-likeness (QED) is 0.513. The van der Waals surface area contributed by atoms with Crippen LogP contribution in [0, 0.1) is 5.82 Å². The zero-order valence-corrected chi connectivity index (χ0v) is 20.7. The van der Waals surface area contributed by atoms with Crippen molar-refractivity contribution in [2.24, 2.45) is 0 Å². The van der Waals surface area contributed by atoms with Crippen molar-refractivity contribution in [3.8, 4) is 16.9 Å². The lowest BCUT2D eigenvalue weighted by Crippen LogP contribution is -2.53. The van der Waals surface area contributed by atoms with Gasteiger partial charge in [0.05, 0.1) is 0 Å². The summed E-state index contributed by atoms with van der Waals surface area (Å²) in [5, 5.41) is 3.58. The highest BCUT2D eigenvalue weighted by atomic mass is 19.1. The number of ether oxygens (including phenoxy) is 1. The van der Waals surface area contributed by atoms with Crippen LogP contribution < -0.4 is 10.1 Å². The molecule has 3 aromatic carbocycles. The van der Waals surface area contributed by atoms with Gasteiger partial charge in [-0.1, -0.05) is 48.5 Å². The topological polar surface area (TPSA) is 44.8 Å². The predicted molar refractivity (Wildman–Crippen MR) is 138 cm³/mol. The molecular formula is C29H34FN3O2. The second-order valence-corrected chi connectivity index (χ2v) is 9.51. The number of rotatable bonds is 8. The molecule has 1 N–H and O–H groups in total. The van der Waals surface area contributed by atoms with Crippen LogP contribution in [0.2, 0.25) is 0 Å². The molecule has 1 aliphatic rings. The van der Waals surface area contributed by atoms with Gasteiger partial charge in [-0.3, -0.25) is 9.69 Å². The molecule has 1 saturated heterocycles. The summed E-state index contributed by atoms with van der Waals surface area (Å²) in [7, 11) is 1.77. The molecule has 184 valence electrons. The summed E-state index contributed by atoms with van der Waals surface area (Å²) >= 11 is 0. The number of halogens is 1. The SMILES string of the molecule is C[C@@H]1CN(Cc2ccc(-c3ccccc3CN(C)C(=O)COc3ccc(F)cc3)cc2)C[C@H](C)N1. The summed E-state index contributed by atoms with van der Waals surface area (Å²) in [5.74, 6) is -0.00393. The minimum Gasteiger partial charge on any atom is -0.484 e. The molecular weight excluding hydrogens is 441 g/mol. The molecule has 1 amide bonds. The van der Waals surface area contributed by atoms with Gasteiger partial charge in [0, 0.05) is 45.3 Å². The minimum absolute atomic E-state index is 0.0950. The normalized spacial score (nSPS) is 18.3. The Hall–Kier alpha value is -3.22. The van der Waals surface area contributed by atoms with Gasteiger partial charge in [0.2, 0.25) is 0 Å². The molecule has 0 unspecified atom stereocenters.